The minimum atomic E-state index is 0.683. The molecule has 2 unspecified atom stereocenters. The molecule has 0 aromatic carbocycles. The summed E-state index contributed by atoms with van der Waals surface area (Å²) in [4.78, 5) is 2.80. The number of hydrogen-bond acceptors (Lipinski definition) is 2. The van der Waals surface area contributed by atoms with Gasteiger partial charge >= 0.3 is 0 Å². The summed E-state index contributed by atoms with van der Waals surface area (Å²) in [6.07, 6.45) is 11.6. The molecule has 0 bridgehead atoms. The molecular weight excluding hydrogens is 208 g/mol. The molecule has 0 aromatic heterocycles. The predicted molar refractivity (Wildman–Crippen MR) is 74.3 cm³/mol. The van der Waals surface area contributed by atoms with E-state index in [1.54, 1.807) is 0 Å². The van der Waals surface area contributed by atoms with Gasteiger partial charge in [-0.1, -0.05) is 12.8 Å². The third-order valence-corrected chi connectivity index (χ3v) is 4.93. The van der Waals surface area contributed by atoms with Crippen LogP contribution in [0.25, 0.3) is 0 Å². The van der Waals surface area contributed by atoms with E-state index in [0.29, 0.717) is 6.04 Å². The topological polar surface area (TPSA) is 15.3 Å². The van der Waals surface area contributed by atoms with Crippen LogP contribution in [-0.4, -0.2) is 37.1 Å². The zero-order chi connectivity index (χ0) is 12.1. The first-order chi connectivity index (χ1) is 8.31. The van der Waals surface area contributed by atoms with E-state index in [0.717, 1.165) is 12.0 Å². The molecule has 0 radical (unpaired) electrons. The highest BCUT2D eigenvalue weighted by Gasteiger charge is 2.32. The maximum atomic E-state index is 3.34. The van der Waals surface area contributed by atoms with Crippen LogP contribution in [0.15, 0.2) is 0 Å². The highest BCUT2D eigenvalue weighted by Crippen LogP contribution is 2.35. The molecule has 1 N–H and O–H groups in total. The van der Waals surface area contributed by atoms with Crippen molar-refractivity contribution in [3.05, 3.63) is 0 Å². The molecule has 2 nitrogen and oxygen atoms in total. The van der Waals surface area contributed by atoms with Crippen LogP contribution in [0.2, 0.25) is 0 Å². The summed E-state index contributed by atoms with van der Waals surface area (Å²) in [6, 6.07) is 1.63. The number of likely N-dealkylation sites (tertiary alicyclic amines) is 1. The molecule has 17 heavy (non-hydrogen) atoms. The monoisotopic (exact) mass is 238 g/mol. The van der Waals surface area contributed by atoms with Gasteiger partial charge in [-0.05, 0) is 71.5 Å². The van der Waals surface area contributed by atoms with Crippen LogP contribution in [-0.2, 0) is 0 Å². The van der Waals surface area contributed by atoms with Crippen LogP contribution in [0.3, 0.4) is 0 Å². The van der Waals surface area contributed by atoms with Crippen LogP contribution in [0.4, 0.5) is 0 Å². The number of nitrogens with zero attached hydrogens (tertiary/aromatic N) is 1. The SMILES string of the molecule is CNC(C)CCCN1CCCC1C1CCCC1. The predicted octanol–water partition coefficient (Wildman–Crippen LogP) is 3.03. The Morgan fingerprint density at radius 2 is 1.94 bits per heavy atom. The van der Waals surface area contributed by atoms with E-state index in [2.05, 4.69) is 24.2 Å². The molecule has 2 atom stereocenters. The van der Waals surface area contributed by atoms with Crippen molar-refractivity contribution in [1.29, 1.82) is 0 Å². The smallest absolute Gasteiger partial charge is 0.0124 e. The van der Waals surface area contributed by atoms with Gasteiger partial charge < -0.3 is 10.2 Å². The molecule has 0 aromatic rings. The zero-order valence-corrected chi connectivity index (χ0v) is 11.8. The van der Waals surface area contributed by atoms with Crippen LogP contribution in [0, 0.1) is 5.92 Å². The minimum Gasteiger partial charge on any atom is -0.317 e. The largest absolute Gasteiger partial charge is 0.317 e. The first-order valence-corrected chi connectivity index (χ1v) is 7.72. The molecule has 1 aliphatic carbocycles. The van der Waals surface area contributed by atoms with Gasteiger partial charge in [0, 0.05) is 12.1 Å². The summed E-state index contributed by atoms with van der Waals surface area (Å²) in [6.45, 7) is 5.00. The Bertz CT molecular complexity index is 211. The molecule has 2 aliphatic rings. The molecule has 1 saturated heterocycles. The maximum absolute atomic E-state index is 3.34. The van der Waals surface area contributed by atoms with Crippen molar-refractivity contribution in [2.75, 3.05) is 20.1 Å². The third kappa shape index (κ3) is 3.69. The molecule has 100 valence electrons. The fourth-order valence-electron chi connectivity index (χ4n) is 3.75. The first-order valence-electron chi connectivity index (χ1n) is 7.72. The van der Waals surface area contributed by atoms with Gasteiger partial charge in [0.2, 0.25) is 0 Å². The van der Waals surface area contributed by atoms with E-state index < -0.39 is 0 Å². The lowest BCUT2D eigenvalue weighted by molar-refractivity contribution is 0.186. The van der Waals surface area contributed by atoms with Crippen molar-refractivity contribution in [2.24, 2.45) is 5.92 Å². The Kier molecular flexibility index (Phi) is 5.30. The lowest BCUT2D eigenvalue weighted by atomic mass is 9.96. The highest BCUT2D eigenvalue weighted by atomic mass is 15.2. The van der Waals surface area contributed by atoms with Crippen molar-refractivity contribution in [3.63, 3.8) is 0 Å². The second kappa shape index (κ2) is 6.75. The standard InChI is InChI=1S/C15H30N2/c1-13(16-2)7-5-11-17-12-6-10-15(17)14-8-3-4-9-14/h13-16H,3-12H2,1-2H3. The maximum Gasteiger partial charge on any atom is 0.0124 e. The van der Waals surface area contributed by atoms with Gasteiger partial charge in [-0.2, -0.15) is 0 Å². The van der Waals surface area contributed by atoms with E-state index in [-0.39, 0.29) is 0 Å². The molecule has 0 spiro atoms. The van der Waals surface area contributed by atoms with Gasteiger partial charge in [0.15, 0.2) is 0 Å². The van der Waals surface area contributed by atoms with Gasteiger partial charge in [0.05, 0.1) is 0 Å². The lowest BCUT2D eigenvalue weighted by Crippen LogP contribution is -2.36. The van der Waals surface area contributed by atoms with Gasteiger partial charge in [-0.3, -0.25) is 0 Å². The van der Waals surface area contributed by atoms with E-state index in [1.807, 2.05) is 0 Å². The Labute approximate surface area is 107 Å². The summed E-state index contributed by atoms with van der Waals surface area (Å²) in [5.74, 6) is 1.04. The van der Waals surface area contributed by atoms with E-state index in [9.17, 15) is 0 Å². The van der Waals surface area contributed by atoms with Crippen LogP contribution >= 0.6 is 0 Å². The molecule has 2 fully saturated rings. The van der Waals surface area contributed by atoms with E-state index >= 15 is 0 Å². The molecule has 2 rings (SSSR count). The molecule has 0 amide bonds. The quantitative estimate of drug-likeness (QED) is 0.765. The molecule has 1 heterocycles. The third-order valence-electron chi connectivity index (χ3n) is 4.93. The summed E-state index contributed by atoms with van der Waals surface area (Å²) in [5.41, 5.74) is 0. The van der Waals surface area contributed by atoms with E-state index in [1.165, 1.54) is 64.5 Å². The summed E-state index contributed by atoms with van der Waals surface area (Å²) in [7, 11) is 2.07. The van der Waals surface area contributed by atoms with Crippen molar-refractivity contribution in [1.82, 2.24) is 10.2 Å². The second-order valence-electron chi connectivity index (χ2n) is 6.12. The number of nitrogens with one attached hydrogen (secondary N) is 1. The zero-order valence-electron chi connectivity index (χ0n) is 11.8. The Morgan fingerprint density at radius 3 is 2.65 bits per heavy atom. The van der Waals surface area contributed by atoms with Gasteiger partial charge in [0.25, 0.3) is 0 Å². The summed E-state index contributed by atoms with van der Waals surface area (Å²) in [5, 5.41) is 3.34. The Morgan fingerprint density at radius 1 is 1.18 bits per heavy atom. The van der Waals surface area contributed by atoms with Crippen LogP contribution < -0.4 is 5.32 Å². The van der Waals surface area contributed by atoms with Gasteiger partial charge in [0.1, 0.15) is 0 Å². The van der Waals surface area contributed by atoms with Crippen molar-refractivity contribution < 1.29 is 0 Å². The highest BCUT2D eigenvalue weighted by molar-refractivity contribution is 4.87. The van der Waals surface area contributed by atoms with Crippen molar-refractivity contribution in [2.45, 2.75) is 70.4 Å². The summed E-state index contributed by atoms with van der Waals surface area (Å²) < 4.78 is 0. The van der Waals surface area contributed by atoms with Gasteiger partial charge in [-0.15, -0.1) is 0 Å². The fourth-order valence-corrected chi connectivity index (χ4v) is 3.75. The molecule has 2 heteroatoms. The molecule has 1 saturated carbocycles. The lowest BCUT2D eigenvalue weighted by Gasteiger charge is -2.29. The first kappa shape index (κ1) is 13.4. The van der Waals surface area contributed by atoms with Crippen molar-refractivity contribution >= 4 is 0 Å². The normalized spacial score (nSPS) is 28.9. The number of rotatable bonds is 6. The average molecular weight is 238 g/mol. The van der Waals surface area contributed by atoms with E-state index in [4.69, 9.17) is 0 Å². The minimum absolute atomic E-state index is 0.683. The second-order valence-corrected chi connectivity index (χ2v) is 6.12. The number of hydrogen-bond donors (Lipinski definition) is 1. The average Bonchev–Trinajstić information content (AvgIpc) is 2.98. The van der Waals surface area contributed by atoms with Crippen molar-refractivity contribution in [3.8, 4) is 0 Å². The molecule has 1 aliphatic heterocycles. The van der Waals surface area contributed by atoms with Crippen LogP contribution in [0.1, 0.15) is 58.3 Å². The fraction of sp³-hybridized carbons (Fsp3) is 1.00. The van der Waals surface area contributed by atoms with Gasteiger partial charge in [-0.25, -0.2) is 0 Å². The Balaban J connectivity index is 1.71. The molecular formula is C15H30N2. The Hall–Kier alpha value is -0.0800. The summed E-state index contributed by atoms with van der Waals surface area (Å²) >= 11 is 0. The van der Waals surface area contributed by atoms with Crippen LogP contribution in [0.5, 0.6) is 0 Å².